The minimum absolute atomic E-state index is 0.0593. The zero-order valence-corrected chi connectivity index (χ0v) is 47.1. The first kappa shape index (κ1) is 60.5. The van der Waals surface area contributed by atoms with Gasteiger partial charge in [-0.1, -0.05) is 85.2 Å². The number of likely N-dealkylation sites (tertiary alicyclic amines) is 1. The van der Waals surface area contributed by atoms with Crippen LogP contribution in [-0.4, -0.2) is 179 Å². The summed E-state index contributed by atoms with van der Waals surface area (Å²) < 4.78 is 12.8. The molecule has 2 aliphatic carbocycles. The molecule has 4 fully saturated rings. The lowest BCUT2D eigenvalue weighted by atomic mass is 9.89. The first-order valence-electron chi connectivity index (χ1n) is 27.6. The van der Waals surface area contributed by atoms with Crippen LogP contribution in [0.25, 0.3) is 0 Å². The number of methoxy groups -OCH3 is 2. The van der Waals surface area contributed by atoms with Crippen LogP contribution >= 0.6 is 0 Å². The van der Waals surface area contributed by atoms with Crippen molar-refractivity contribution >= 4 is 41.4 Å². The Balaban J connectivity index is 1.07. The van der Waals surface area contributed by atoms with Gasteiger partial charge in [-0.2, -0.15) is 0 Å². The molecule has 2 saturated heterocycles. The Bertz CT molecular complexity index is 2350. The predicted octanol–water partition coefficient (Wildman–Crippen LogP) is 3.76. The molecular formula is C56H86N8O13. The number of aromatic hydroxyl groups is 2. The maximum Gasteiger partial charge on any atom is 0.348 e. The number of rotatable bonds is 27. The minimum atomic E-state index is -1.43. The summed E-state index contributed by atoms with van der Waals surface area (Å²) in [5.41, 5.74) is -1.65. The fraction of sp³-hybridized carbons (Fsp3) is 0.696. The zero-order valence-electron chi connectivity index (χ0n) is 47.1. The molecule has 0 bridgehead atoms. The van der Waals surface area contributed by atoms with Gasteiger partial charge in [-0.05, 0) is 81.7 Å². The van der Waals surface area contributed by atoms with E-state index in [1.54, 1.807) is 30.8 Å². The molecule has 4 aliphatic rings. The number of amides is 6. The molecule has 1 aromatic carbocycles. The molecule has 1 aromatic heterocycles. The van der Waals surface area contributed by atoms with Gasteiger partial charge in [0.1, 0.15) is 17.0 Å². The van der Waals surface area contributed by atoms with Crippen molar-refractivity contribution in [2.75, 3.05) is 61.1 Å². The van der Waals surface area contributed by atoms with Crippen LogP contribution in [0.5, 0.6) is 11.8 Å². The van der Waals surface area contributed by atoms with E-state index >= 15 is 0 Å². The molecule has 10 unspecified atom stereocenters. The second-order valence-corrected chi connectivity index (χ2v) is 22.5. The monoisotopic (exact) mass is 1080 g/mol. The molecule has 2 saturated carbocycles. The van der Waals surface area contributed by atoms with Crippen molar-refractivity contribution in [1.29, 1.82) is 0 Å². The van der Waals surface area contributed by atoms with Crippen LogP contribution in [-0.2, 0) is 47.9 Å². The van der Waals surface area contributed by atoms with Gasteiger partial charge in [-0.15, -0.1) is 4.73 Å². The predicted molar refractivity (Wildman–Crippen MR) is 284 cm³/mol. The number of carbonyl (C=O) groups excluding carboxylic acids is 7. The van der Waals surface area contributed by atoms with Gasteiger partial charge in [0, 0.05) is 65.5 Å². The van der Waals surface area contributed by atoms with Crippen LogP contribution in [0, 0.1) is 29.1 Å². The van der Waals surface area contributed by atoms with Crippen LogP contribution in [0.2, 0.25) is 0 Å². The highest BCUT2D eigenvalue weighted by atomic mass is 16.7. The number of ether oxygens (including phenoxy) is 2. The summed E-state index contributed by atoms with van der Waals surface area (Å²) in [6, 6.07) is 9.38. The number of hydroxylamine groups is 2. The van der Waals surface area contributed by atoms with E-state index in [1.807, 2.05) is 76.8 Å². The zero-order chi connectivity index (χ0) is 56.5. The lowest BCUT2D eigenvalue weighted by Crippen LogP contribution is -2.60. The van der Waals surface area contributed by atoms with Gasteiger partial charge < -0.3 is 50.3 Å². The Kier molecular flexibility index (Phi) is 20.6. The second-order valence-electron chi connectivity index (χ2n) is 22.5. The Morgan fingerprint density at radius 1 is 0.857 bits per heavy atom. The summed E-state index contributed by atoms with van der Waals surface area (Å²) in [5.74, 6) is -5.49. The standard InChI is InChI=1S/C56H86N8O13/c1-12-36(6)47(61(9)51(70)45(34(2)3)58-50(69)46(35(4)5)60(8)28-19-27-57-52(71)55(25-26-55)54(73)77-64-42(65)23-24-43(64)66)41(74-10)32-44(67)62-29-18-22-40(62)48(75-11)37(7)49(68)59-56(53(72)63-30-16-17-31-76-63)33-39(56)38-20-14-13-15-21-38/h13-15,20-21,23-24,34-37,39-41,45-48,65-66H,12,16-19,22,25-33H2,1-11H3,(H,57,71)(H,58,69)(H,59,68). The number of carbonyl (C=O) groups is 7. The van der Waals surface area contributed by atoms with Crippen LogP contribution in [0.4, 0.5) is 0 Å². The van der Waals surface area contributed by atoms with E-state index in [9.17, 15) is 43.8 Å². The molecule has 3 heterocycles. The van der Waals surface area contributed by atoms with E-state index in [2.05, 4.69) is 16.0 Å². The van der Waals surface area contributed by atoms with E-state index in [0.29, 0.717) is 63.1 Å². The van der Waals surface area contributed by atoms with E-state index < -0.39 is 76.9 Å². The average Bonchev–Trinajstić information content (AvgIpc) is 4.30. The van der Waals surface area contributed by atoms with E-state index in [4.69, 9.17) is 19.1 Å². The molecule has 21 nitrogen and oxygen atoms in total. The van der Waals surface area contributed by atoms with Gasteiger partial charge in [0.15, 0.2) is 0 Å². The first-order chi connectivity index (χ1) is 36.6. The Morgan fingerprint density at radius 2 is 1.53 bits per heavy atom. The molecule has 6 rings (SSSR count). The van der Waals surface area contributed by atoms with Gasteiger partial charge in [0.05, 0.1) is 49.3 Å². The molecule has 6 amide bonds. The number of benzene rings is 1. The lowest BCUT2D eigenvalue weighted by molar-refractivity contribution is -0.200. The molecule has 2 aromatic rings. The summed E-state index contributed by atoms with van der Waals surface area (Å²) in [5, 5.41) is 30.2. The number of likely N-dealkylation sites (N-methyl/N-ethyl adjacent to an activating group) is 2. The number of hydrogen-bond donors (Lipinski definition) is 5. The van der Waals surface area contributed by atoms with Crippen LogP contribution in [0.3, 0.4) is 0 Å². The molecule has 0 spiro atoms. The van der Waals surface area contributed by atoms with Gasteiger partial charge in [0.2, 0.25) is 41.3 Å². The van der Waals surface area contributed by atoms with Crippen LogP contribution in [0.1, 0.15) is 124 Å². The summed E-state index contributed by atoms with van der Waals surface area (Å²) in [6.45, 7) is 15.2. The third-order valence-electron chi connectivity index (χ3n) is 16.5. The van der Waals surface area contributed by atoms with Crippen LogP contribution in [0.15, 0.2) is 42.5 Å². The highest BCUT2D eigenvalue weighted by Crippen LogP contribution is 2.53. The van der Waals surface area contributed by atoms with Crippen molar-refractivity contribution in [2.45, 2.75) is 161 Å². The highest BCUT2D eigenvalue weighted by molar-refractivity contribution is 6.05. The second kappa shape index (κ2) is 26.3. The molecule has 0 radical (unpaired) electrons. The van der Waals surface area contributed by atoms with Crippen LogP contribution < -0.4 is 20.8 Å². The number of aromatic nitrogens is 1. The van der Waals surface area contributed by atoms with E-state index in [0.717, 1.165) is 30.5 Å². The molecule has 2 aliphatic heterocycles. The third-order valence-corrected chi connectivity index (χ3v) is 16.5. The van der Waals surface area contributed by atoms with Crippen molar-refractivity contribution in [1.82, 2.24) is 40.4 Å². The number of hydrogen-bond acceptors (Lipinski definition) is 14. The highest BCUT2D eigenvalue weighted by Gasteiger charge is 2.64. The molecular weight excluding hydrogens is 993 g/mol. The summed E-state index contributed by atoms with van der Waals surface area (Å²) in [4.78, 5) is 114. The van der Waals surface area contributed by atoms with Crippen molar-refractivity contribution in [3.05, 3.63) is 48.0 Å². The molecule has 10 atom stereocenters. The summed E-state index contributed by atoms with van der Waals surface area (Å²) >= 11 is 0. The van der Waals surface area contributed by atoms with E-state index in [-0.39, 0.29) is 79.0 Å². The van der Waals surface area contributed by atoms with Crippen molar-refractivity contribution in [3.63, 3.8) is 0 Å². The largest absolute Gasteiger partial charge is 0.492 e. The van der Waals surface area contributed by atoms with Crippen molar-refractivity contribution in [3.8, 4) is 11.8 Å². The van der Waals surface area contributed by atoms with Gasteiger partial charge in [0.25, 0.3) is 5.91 Å². The summed E-state index contributed by atoms with van der Waals surface area (Å²) in [7, 11) is 6.56. The maximum atomic E-state index is 14.8. The van der Waals surface area contributed by atoms with E-state index in [1.165, 1.54) is 19.3 Å². The topological polar surface area (TPSA) is 251 Å². The minimum Gasteiger partial charge on any atom is -0.492 e. The fourth-order valence-electron chi connectivity index (χ4n) is 11.5. The molecule has 5 N–H and O–H groups in total. The molecule has 21 heteroatoms. The normalized spacial score (nSPS) is 22.6. The average molecular weight is 1080 g/mol. The lowest BCUT2D eigenvalue weighted by Gasteiger charge is -2.41. The Labute approximate surface area is 453 Å². The van der Waals surface area contributed by atoms with Crippen molar-refractivity contribution < 1.29 is 62.9 Å². The van der Waals surface area contributed by atoms with Gasteiger partial charge >= 0.3 is 5.97 Å². The van der Waals surface area contributed by atoms with Gasteiger partial charge in [-0.3, -0.25) is 38.5 Å². The first-order valence-corrected chi connectivity index (χ1v) is 27.6. The SMILES string of the molecule is CCC(C)C(C(CC(=O)N1CCCC1C(OC)C(C)C(=O)NC1(C(=O)N2CCCCO2)CC1c1ccccc1)OC)N(C)C(=O)C(NC(=O)C(C(C)C)N(C)CCCNC(=O)C1(C(=O)On2c(O)ccc2O)CC1)C(C)C. The Hall–Kier alpha value is -5.77. The smallest absolute Gasteiger partial charge is 0.348 e. The number of nitrogens with zero attached hydrogens (tertiary/aromatic N) is 5. The Morgan fingerprint density at radius 3 is 2.10 bits per heavy atom. The quantitative estimate of drug-likeness (QED) is 0.0632. The maximum absolute atomic E-state index is 14.8. The fourth-order valence-corrected chi connectivity index (χ4v) is 11.5. The summed E-state index contributed by atoms with van der Waals surface area (Å²) in [6.07, 6.45) is 3.47. The number of nitrogens with one attached hydrogen (secondary N) is 3. The van der Waals surface area contributed by atoms with Crippen molar-refractivity contribution in [2.24, 2.45) is 29.1 Å². The molecule has 77 heavy (non-hydrogen) atoms. The van der Waals surface area contributed by atoms with Gasteiger partial charge in [-0.25, -0.2) is 9.86 Å². The molecule has 428 valence electrons. The third kappa shape index (κ3) is 13.6.